The zero-order chi connectivity index (χ0) is 31.0. The van der Waals surface area contributed by atoms with Crippen molar-refractivity contribution in [3.63, 3.8) is 0 Å². The summed E-state index contributed by atoms with van der Waals surface area (Å²) in [6.07, 6.45) is 10.5. The third-order valence-corrected chi connectivity index (χ3v) is 8.59. The van der Waals surface area contributed by atoms with E-state index in [1.165, 1.54) is 35.3 Å². The summed E-state index contributed by atoms with van der Waals surface area (Å²) in [6.45, 7) is 10.2. The number of benzene rings is 1. The first-order valence-corrected chi connectivity index (χ1v) is 16.4. The lowest BCUT2D eigenvalue weighted by molar-refractivity contribution is -0.141. The number of amides is 2. The summed E-state index contributed by atoms with van der Waals surface area (Å²) in [5, 5.41) is 6.08. The van der Waals surface area contributed by atoms with E-state index in [1.54, 1.807) is 16.2 Å². The van der Waals surface area contributed by atoms with Crippen LogP contribution in [-0.2, 0) is 20.9 Å². The molecule has 2 unspecified atom stereocenters. The van der Waals surface area contributed by atoms with Gasteiger partial charge in [-0.05, 0) is 62.7 Å². The van der Waals surface area contributed by atoms with Gasteiger partial charge in [0.25, 0.3) is 0 Å². The minimum Gasteiger partial charge on any atom is -0.344 e. The predicted octanol–water partition coefficient (Wildman–Crippen LogP) is 5.62. The predicted molar refractivity (Wildman–Crippen MR) is 173 cm³/mol. The van der Waals surface area contributed by atoms with Crippen LogP contribution < -0.4 is 16.4 Å². The van der Waals surface area contributed by atoms with E-state index in [0.717, 1.165) is 57.2 Å². The molecule has 2 aromatic rings. The van der Waals surface area contributed by atoms with Gasteiger partial charge >= 0.3 is 0 Å². The smallest absolute Gasteiger partial charge is 0.246 e. The van der Waals surface area contributed by atoms with Gasteiger partial charge in [-0.15, -0.1) is 11.3 Å². The van der Waals surface area contributed by atoms with Crippen molar-refractivity contribution >= 4 is 29.4 Å². The first-order valence-electron chi connectivity index (χ1n) is 15.5. The summed E-state index contributed by atoms with van der Waals surface area (Å²) in [4.78, 5) is 43.7. The van der Waals surface area contributed by atoms with E-state index in [2.05, 4.69) is 39.9 Å². The summed E-state index contributed by atoms with van der Waals surface area (Å²) in [5.74, 6) is -0.210. The fourth-order valence-electron chi connectivity index (χ4n) is 5.13. The standard InChI is InChI=1S/C21H39N3O3.C12H14N2S/c1-21(2,3)19(20(27)24-15-11-12-17(24)16-25)23-18(26)13-9-7-5-4-6-8-10-14-22;1-9-12(15-8-14-9)11-5-3-10(4-6-11)7-13-2/h16-17,19H,4-15,22H2,1-3H3,(H,23,26);3-6,8,13H,7H2,1-2H3. The summed E-state index contributed by atoms with van der Waals surface area (Å²) >= 11 is 1.70. The number of thiazole rings is 1. The number of likely N-dealkylation sites (tertiary alicyclic amines) is 1. The molecule has 1 aliphatic rings. The average molecular weight is 600 g/mol. The number of hydrogen-bond acceptors (Lipinski definition) is 7. The Morgan fingerprint density at radius 3 is 2.29 bits per heavy atom. The minimum absolute atomic E-state index is 0.0757. The van der Waals surface area contributed by atoms with Gasteiger partial charge in [-0.1, -0.05) is 77.1 Å². The molecule has 8 nitrogen and oxygen atoms in total. The first-order chi connectivity index (χ1) is 20.1. The molecule has 0 saturated carbocycles. The van der Waals surface area contributed by atoms with Crippen LogP contribution in [0, 0.1) is 12.3 Å². The van der Waals surface area contributed by atoms with Gasteiger partial charge in [0.1, 0.15) is 12.3 Å². The second-order valence-corrected chi connectivity index (χ2v) is 13.1. The number of nitrogens with one attached hydrogen (secondary N) is 2. The Balaban J connectivity index is 0.000000343. The summed E-state index contributed by atoms with van der Waals surface area (Å²) in [7, 11) is 1.96. The van der Waals surface area contributed by atoms with Crippen molar-refractivity contribution in [1.82, 2.24) is 20.5 Å². The third-order valence-electron chi connectivity index (χ3n) is 7.61. The Bertz CT molecular complexity index is 1080. The van der Waals surface area contributed by atoms with Crippen LogP contribution in [0.1, 0.15) is 96.2 Å². The summed E-state index contributed by atoms with van der Waals surface area (Å²) in [5.41, 5.74) is 10.7. The molecule has 9 heteroatoms. The highest BCUT2D eigenvalue weighted by Crippen LogP contribution is 2.27. The van der Waals surface area contributed by atoms with Gasteiger partial charge in [0.15, 0.2) is 0 Å². The molecule has 0 bridgehead atoms. The largest absolute Gasteiger partial charge is 0.344 e. The number of carbonyl (C=O) groups is 3. The van der Waals surface area contributed by atoms with Crippen molar-refractivity contribution in [2.45, 2.75) is 111 Å². The van der Waals surface area contributed by atoms with Crippen LogP contribution in [-0.4, -0.2) is 60.2 Å². The SMILES string of the molecule is CC(C)(C)C(NC(=O)CCCCCCCCCN)C(=O)N1CCCC1C=O.CNCc1ccc(-c2scnc2C)cc1. The van der Waals surface area contributed by atoms with Crippen molar-refractivity contribution in [1.29, 1.82) is 0 Å². The quantitative estimate of drug-likeness (QED) is 0.181. The third kappa shape index (κ3) is 11.9. The normalized spacial score (nSPS) is 15.6. The number of hydrogen-bond donors (Lipinski definition) is 3. The molecule has 3 rings (SSSR count). The maximum atomic E-state index is 12.9. The van der Waals surface area contributed by atoms with Gasteiger partial charge < -0.3 is 26.1 Å². The van der Waals surface area contributed by atoms with Crippen LogP contribution in [0.15, 0.2) is 29.8 Å². The van der Waals surface area contributed by atoms with E-state index in [4.69, 9.17) is 5.73 Å². The van der Waals surface area contributed by atoms with Crippen molar-refractivity contribution in [2.75, 3.05) is 20.1 Å². The number of rotatable bonds is 15. The maximum absolute atomic E-state index is 12.9. The molecule has 2 heterocycles. The van der Waals surface area contributed by atoms with Crippen LogP contribution in [0.5, 0.6) is 0 Å². The topological polar surface area (TPSA) is 117 Å². The Hall–Kier alpha value is -2.62. The van der Waals surface area contributed by atoms with Crippen molar-refractivity contribution < 1.29 is 14.4 Å². The Morgan fingerprint density at radius 2 is 1.74 bits per heavy atom. The van der Waals surface area contributed by atoms with E-state index >= 15 is 0 Å². The number of nitrogens with two attached hydrogens (primary N) is 1. The summed E-state index contributed by atoms with van der Waals surface area (Å²) in [6, 6.07) is 7.69. The molecular weight excluding hydrogens is 546 g/mol. The molecule has 2 amide bonds. The highest BCUT2D eigenvalue weighted by Gasteiger charge is 2.39. The number of aryl methyl sites for hydroxylation is 1. The fraction of sp³-hybridized carbons (Fsp3) is 0.636. The second-order valence-electron chi connectivity index (χ2n) is 12.3. The van der Waals surface area contributed by atoms with Gasteiger partial charge in [-0.3, -0.25) is 9.59 Å². The second kappa shape index (κ2) is 18.8. The zero-order valence-corrected chi connectivity index (χ0v) is 27.2. The lowest BCUT2D eigenvalue weighted by Crippen LogP contribution is -2.55. The number of aromatic nitrogens is 1. The molecule has 1 aliphatic heterocycles. The minimum atomic E-state index is -0.596. The van der Waals surface area contributed by atoms with E-state index in [0.29, 0.717) is 19.4 Å². The molecule has 0 radical (unpaired) electrons. The average Bonchev–Trinajstić information content (AvgIpc) is 3.62. The first kappa shape index (κ1) is 35.6. The van der Waals surface area contributed by atoms with Crippen LogP contribution in [0.25, 0.3) is 10.4 Å². The van der Waals surface area contributed by atoms with Crippen molar-refractivity contribution in [2.24, 2.45) is 11.1 Å². The Kier molecular flexibility index (Phi) is 15.9. The lowest BCUT2D eigenvalue weighted by atomic mass is 9.85. The molecule has 1 aromatic carbocycles. The number of unbranched alkanes of at least 4 members (excludes halogenated alkanes) is 6. The van der Waals surface area contributed by atoms with Gasteiger partial charge in [-0.2, -0.15) is 0 Å². The van der Waals surface area contributed by atoms with Crippen molar-refractivity contribution in [3.8, 4) is 10.4 Å². The van der Waals surface area contributed by atoms with Gasteiger partial charge in [0, 0.05) is 19.5 Å². The molecule has 42 heavy (non-hydrogen) atoms. The van der Waals surface area contributed by atoms with Crippen LogP contribution in [0.4, 0.5) is 0 Å². The number of aldehydes is 1. The fourth-order valence-corrected chi connectivity index (χ4v) is 5.94. The summed E-state index contributed by atoms with van der Waals surface area (Å²) < 4.78 is 0. The molecule has 1 saturated heterocycles. The molecule has 0 spiro atoms. The zero-order valence-electron chi connectivity index (χ0n) is 26.4. The highest BCUT2D eigenvalue weighted by molar-refractivity contribution is 7.13. The molecule has 234 valence electrons. The number of carbonyl (C=O) groups excluding carboxylic acids is 3. The number of nitrogens with zero attached hydrogens (tertiary/aromatic N) is 2. The van der Waals surface area contributed by atoms with E-state index in [9.17, 15) is 14.4 Å². The molecular formula is C33H53N5O3S. The van der Waals surface area contributed by atoms with E-state index in [-0.39, 0.29) is 17.9 Å². The Morgan fingerprint density at radius 1 is 1.10 bits per heavy atom. The maximum Gasteiger partial charge on any atom is 0.246 e. The van der Waals surface area contributed by atoms with Gasteiger partial charge in [0.2, 0.25) is 11.8 Å². The van der Waals surface area contributed by atoms with Crippen LogP contribution in [0.3, 0.4) is 0 Å². The van der Waals surface area contributed by atoms with E-state index in [1.807, 2.05) is 40.3 Å². The van der Waals surface area contributed by atoms with E-state index < -0.39 is 11.5 Å². The molecule has 2 atom stereocenters. The Labute approximate surface area is 257 Å². The molecule has 0 aliphatic carbocycles. The molecule has 1 aromatic heterocycles. The monoisotopic (exact) mass is 599 g/mol. The molecule has 1 fully saturated rings. The van der Waals surface area contributed by atoms with Crippen molar-refractivity contribution in [3.05, 3.63) is 41.0 Å². The van der Waals surface area contributed by atoms with Crippen LogP contribution in [0.2, 0.25) is 0 Å². The van der Waals surface area contributed by atoms with Gasteiger partial charge in [0.05, 0.1) is 22.1 Å². The lowest BCUT2D eigenvalue weighted by Gasteiger charge is -2.34. The van der Waals surface area contributed by atoms with Crippen LogP contribution >= 0.6 is 11.3 Å². The van der Waals surface area contributed by atoms with Gasteiger partial charge in [-0.25, -0.2) is 4.98 Å². The molecule has 4 N–H and O–H groups in total. The highest BCUT2D eigenvalue weighted by atomic mass is 32.1.